The van der Waals surface area contributed by atoms with Crippen LogP contribution in [0.5, 0.6) is 0 Å². The van der Waals surface area contributed by atoms with E-state index in [0.717, 1.165) is 30.5 Å². The van der Waals surface area contributed by atoms with Crippen molar-refractivity contribution < 1.29 is 9.90 Å². The topological polar surface area (TPSA) is 72.2 Å². The van der Waals surface area contributed by atoms with Crippen molar-refractivity contribution in [1.82, 2.24) is 9.55 Å². The standard InChI is InChI=1S/C13H18N2O3S/c1-9(17)8-19-12-10-4-2-5-11(10)15(6-3-7-16)13(18)14-12/h16H,2-8H2,1H3. The van der Waals surface area contributed by atoms with Gasteiger partial charge in [0, 0.05) is 24.4 Å². The summed E-state index contributed by atoms with van der Waals surface area (Å²) < 4.78 is 1.68. The van der Waals surface area contributed by atoms with E-state index in [-0.39, 0.29) is 18.1 Å². The lowest BCUT2D eigenvalue weighted by molar-refractivity contribution is -0.114. The Labute approximate surface area is 116 Å². The first-order valence-corrected chi connectivity index (χ1v) is 7.47. The molecule has 0 amide bonds. The van der Waals surface area contributed by atoms with Gasteiger partial charge in [-0.15, -0.1) is 0 Å². The van der Waals surface area contributed by atoms with Crippen LogP contribution in [0.1, 0.15) is 31.0 Å². The zero-order chi connectivity index (χ0) is 13.8. The molecule has 2 rings (SSSR count). The maximum atomic E-state index is 12.0. The fourth-order valence-electron chi connectivity index (χ4n) is 2.33. The summed E-state index contributed by atoms with van der Waals surface area (Å²) in [7, 11) is 0. The maximum Gasteiger partial charge on any atom is 0.348 e. The van der Waals surface area contributed by atoms with Gasteiger partial charge < -0.3 is 5.11 Å². The van der Waals surface area contributed by atoms with Crippen LogP contribution in [0.25, 0.3) is 0 Å². The zero-order valence-electron chi connectivity index (χ0n) is 11.0. The van der Waals surface area contributed by atoms with Gasteiger partial charge in [-0.05, 0) is 32.6 Å². The Morgan fingerprint density at radius 1 is 1.47 bits per heavy atom. The summed E-state index contributed by atoms with van der Waals surface area (Å²) in [6.45, 7) is 2.13. The van der Waals surface area contributed by atoms with E-state index in [0.29, 0.717) is 23.7 Å². The minimum absolute atomic E-state index is 0.0715. The van der Waals surface area contributed by atoms with E-state index in [2.05, 4.69) is 4.98 Å². The number of aliphatic hydroxyl groups is 1. The van der Waals surface area contributed by atoms with E-state index in [1.807, 2.05) is 0 Å². The molecule has 0 spiro atoms. The van der Waals surface area contributed by atoms with Gasteiger partial charge in [0.05, 0.1) is 5.75 Å². The molecule has 1 aromatic rings. The third kappa shape index (κ3) is 3.25. The summed E-state index contributed by atoms with van der Waals surface area (Å²) in [6.07, 6.45) is 3.38. The second kappa shape index (κ2) is 6.34. The number of rotatable bonds is 6. The summed E-state index contributed by atoms with van der Waals surface area (Å²) in [5.74, 6) is 0.447. The average Bonchev–Trinajstić information content (AvgIpc) is 2.84. The van der Waals surface area contributed by atoms with Crippen LogP contribution in [0.4, 0.5) is 0 Å². The van der Waals surface area contributed by atoms with Crippen LogP contribution in [0, 0.1) is 0 Å². The van der Waals surface area contributed by atoms with E-state index in [1.54, 1.807) is 4.57 Å². The van der Waals surface area contributed by atoms with E-state index in [9.17, 15) is 9.59 Å². The lowest BCUT2D eigenvalue weighted by Gasteiger charge is -2.13. The Morgan fingerprint density at radius 2 is 2.26 bits per heavy atom. The molecular weight excluding hydrogens is 264 g/mol. The normalized spacial score (nSPS) is 13.6. The molecule has 0 aliphatic heterocycles. The molecular formula is C13H18N2O3S. The monoisotopic (exact) mass is 282 g/mol. The van der Waals surface area contributed by atoms with Crippen molar-refractivity contribution in [3.8, 4) is 0 Å². The molecule has 0 radical (unpaired) electrons. The predicted molar refractivity (Wildman–Crippen MR) is 73.6 cm³/mol. The van der Waals surface area contributed by atoms with Crippen LogP contribution in [-0.4, -0.2) is 32.8 Å². The zero-order valence-corrected chi connectivity index (χ0v) is 11.8. The number of aliphatic hydroxyl groups excluding tert-OH is 1. The number of carbonyl (C=O) groups excluding carboxylic acids is 1. The molecule has 1 heterocycles. The highest BCUT2D eigenvalue weighted by Gasteiger charge is 2.21. The van der Waals surface area contributed by atoms with E-state index in [4.69, 9.17) is 5.11 Å². The fraction of sp³-hybridized carbons (Fsp3) is 0.615. The molecule has 19 heavy (non-hydrogen) atoms. The number of fused-ring (bicyclic) bond motifs is 1. The van der Waals surface area contributed by atoms with Gasteiger partial charge in [0.2, 0.25) is 0 Å². The molecule has 0 saturated heterocycles. The van der Waals surface area contributed by atoms with Crippen LogP contribution >= 0.6 is 11.8 Å². The quantitative estimate of drug-likeness (QED) is 0.617. The SMILES string of the molecule is CC(=O)CSc1nc(=O)n(CCCO)c2c1CCC2. The van der Waals surface area contributed by atoms with Crippen molar-refractivity contribution in [3.05, 3.63) is 21.7 Å². The van der Waals surface area contributed by atoms with Crippen LogP contribution in [0.2, 0.25) is 0 Å². The van der Waals surface area contributed by atoms with Gasteiger partial charge in [0.25, 0.3) is 0 Å². The maximum absolute atomic E-state index is 12.0. The van der Waals surface area contributed by atoms with Crippen LogP contribution in [0.15, 0.2) is 9.82 Å². The third-order valence-corrected chi connectivity index (χ3v) is 4.31. The molecule has 6 heteroatoms. The molecule has 1 aliphatic carbocycles. The summed E-state index contributed by atoms with van der Waals surface area (Å²) >= 11 is 1.36. The van der Waals surface area contributed by atoms with Crippen LogP contribution < -0.4 is 5.69 Å². The summed E-state index contributed by atoms with van der Waals surface area (Å²) in [4.78, 5) is 27.2. The second-order valence-electron chi connectivity index (χ2n) is 4.70. The molecule has 1 N–H and O–H groups in total. The summed E-state index contributed by atoms with van der Waals surface area (Å²) in [6, 6.07) is 0. The number of thioether (sulfide) groups is 1. The smallest absolute Gasteiger partial charge is 0.348 e. The number of Topliss-reactive ketones (excluding diaryl/α,β-unsaturated/α-hetero) is 1. The van der Waals surface area contributed by atoms with Gasteiger partial charge in [-0.2, -0.15) is 4.98 Å². The number of aromatic nitrogens is 2. The lowest BCUT2D eigenvalue weighted by atomic mass is 10.2. The van der Waals surface area contributed by atoms with Crippen molar-refractivity contribution in [2.24, 2.45) is 0 Å². The first-order chi connectivity index (χ1) is 9.13. The predicted octanol–water partition coefficient (Wildman–Crippen LogP) is 0.796. The largest absolute Gasteiger partial charge is 0.396 e. The highest BCUT2D eigenvalue weighted by Crippen LogP contribution is 2.29. The van der Waals surface area contributed by atoms with Gasteiger partial charge in [-0.3, -0.25) is 9.36 Å². The highest BCUT2D eigenvalue weighted by atomic mass is 32.2. The van der Waals surface area contributed by atoms with Crippen molar-refractivity contribution in [2.45, 2.75) is 44.2 Å². The van der Waals surface area contributed by atoms with Crippen LogP contribution in [0.3, 0.4) is 0 Å². The third-order valence-electron chi connectivity index (χ3n) is 3.15. The second-order valence-corrected chi connectivity index (χ2v) is 5.66. The molecule has 0 unspecified atom stereocenters. The van der Waals surface area contributed by atoms with Gasteiger partial charge in [0.15, 0.2) is 0 Å². The molecule has 0 aromatic carbocycles. The number of ketones is 1. The number of nitrogens with zero attached hydrogens (tertiary/aromatic N) is 2. The van der Waals surface area contributed by atoms with Crippen molar-refractivity contribution in [1.29, 1.82) is 0 Å². The Kier molecular flexibility index (Phi) is 4.76. The first-order valence-electron chi connectivity index (χ1n) is 6.49. The number of hydrogen-bond acceptors (Lipinski definition) is 5. The van der Waals surface area contributed by atoms with Gasteiger partial charge in [-0.1, -0.05) is 11.8 Å². The molecule has 0 saturated carbocycles. The molecule has 1 aliphatic rings. The van der Waals surface area contributed by atoms with E-state index >= 15 is 0 Å². The Balaban J connectivity index is 2.33. The van der Waals surface area contributed by atoms with E-state index < -0.39 is 0 Å². The van der Waals surface area contributed by atoms with E-state index in [1.165, 1.54) is 18.7 Å². The molecule has 1 aromatic heterocycles. The molecule has 0 atom stereocenters. The molecule has 0 fully saturated rings. The first kappa shape index (κ1) is 14.3. The van der Waals surface area contributed by atoms with Gasteiger partial charge in [0.1, 0.15) is 10.8 Å². The Morgan fingerprint density at radius 3 is 2.95 bits per heavy atom. The number of carbonyl (C=O) groups is 1. The van der Waals surface area contributed by atoms with Gasteiger partial charge >= 0.3 is 5.69 Å². The fourth-order valence-corrected chi connectivity index (χ4v) is 3.21. The Hall–Kier alpha value is -1.14. The minimum Gasteiger partial charge on any atom is -0.396 e. The van der Waals surface area contributed by atoms with Gasteiger partial charge in [-0.25, -0.2) is 4.79 Å². The number of hydrogen-bond donors (Lipinski definition) is 1. The highest BCUT2D eigenvalue weighted by molar-refractivity contribution is 7.99. The minimum atomic E-state index is -0.264. The van der Waals surface area contributed by atoms with Crippen molar-refractivity contribution in [3.63, 3.8) is 0 Å². The average molecular weight is 282 g/mol. The molecule has 5 nitrogen and oxygen atoms in total. The van der Waals surface area contributed by atoms with Crippen molar-refractivity contribution in [2.75, 3.05) is 12.4 Å². The summed E-state index contributed by atoms with van der Waals surface area (Å²) in [5, 5.41) is 9.61. The van der Waals surface area contributed by atoms with Crippen LogP contribution in [-0.2, 0) is 24.2 Å². The molecule has 104 valence electrons. The Bertz CT molecular complexity index is 539. The molecule has 0 bridgehead atoms. The lowest BCUT2D eigenvalue weighted by Crippen LogP contribution is -2.27. The van der Waals surface area contributed by atoms with Crippen molar-refractivity contribution >= 4 is 17.5 Å². The summed E-state index contributed by atoms with van der Waals surface area (Å²) in [5.41, 5.74) is 1.89.